The molecular weight excluding hydrogens is 637 g/mol. The molecular formula is C38H58N4O6Si. The first kappa shape index (κ1) is 37.3. The van der Waals surface area contributed by atoms with Crippen molar-refractivity contribution in [2.45, 2.75) is 83.7 Å². The number of carbonyl (C=O) groups is 2. The molecule has 3 atom stereocenters. The Labute approximate surface area is 294 Å². The van der Waals surface area contributed by atoms with E-state index in [-0.39, 0.29) is 41.0 Å². The van der Waals surface area contributed by atoms with E-state index >= 15 is 0 Å². The van der Waals surface area contributed by atoms with Gasteiger partial charge in [-0.05, 0) is 72.5 Å². The number of fused-ring (bicyclic) bond motifs is 2. The lowest BCUT2D eigenvalue weighted by Gasteiger charge is -2.40. The van der Waals surface area contributed by atoms with E-state index in [1.807, 2.05) is 7.05 Å². The van der Waals surface area contributed by atoms with Crippen molar-refractivity contribution in [1.82, 2.24) is 15.1 Å². The molecule has 1 aliphatic carbocycles. The molecule has 2 aliphatic heterocycles. The smallest absolute Gasteiger partial charge is 0.262 e. The van der Waals surface area contributed by atoms with Crippen LogP contribution in [0.3, 0.4) is 0 Å². The fraction of sp³-hybridized carbons (Fsp3) is 0.632. The summed E-state index contributed by atoms with van der Waals surface area (Å²) in [5.41, 5.74) is 3.71. The number of rotatable bonds is 16. The van der Waals surface area contributed by atoms with E-state index in [4.69, 9.17) is 13.9 Å². The number of carbonyl (C=O) groups excluding carboxylic acids is 2. The van der Waals surface area contributed by atoms with Crippen molar-refractivity contribution in [2.24, 2.45) is 11.8 Å². The van der Waals surface area contributed by atoms with Gasteiger partial charge in [0.25, 0.3) is 5.91 Å². The summed E-state index contributed by atoms with van der Waals surface area (Å²) in [6, 6.07) is 12.2. The highest BCUT2D eigenvalue weighted by molar-refractivity contribution is 6.74. The molecule has 2 heterocycles. The van der Waals surface area contributed by atoms with E-state index in [1.165, 1.54) is 43.5 Å². The Kier molecular flexibility index (Phi) is 12.5. The SMILES string of the molecule is CN(CCNC[C@H](O[Si](C)(C)C(C)(C)C)c1ccc(O)c2c1OCC(=O)N2)C(=O)CCOCCc1cccc(CN2CC3CCCC3C2)c1. The van der Waals surface area contributed by atoms with Crippen molar-refractivity contribution in [3.8, 4) is 11.5 Å². The molecule has 3 N–H and O–H groups in total. The molecule has 1 saturated carbocycles. The van der Waals surface area contributed by atoms with Gasteiger partial charge in [0, 0.05) is 51.9 Å². The van der Waals surface area contributed by atoms with Crippen molar-refractivity contribution in [2.75, 3.05) is 64.9 Å². The summed E-state index contributed by atoms with van der Waals surface area (Å²) in [6.07, 6.45) is 5.03. The molecule has 10 nitrogen and oxygen atoms in total. The first-order valence-electron chi connectivity index (χ1n) is 18.1. The zero-order valence-corrected chi connectivity index (χ0v) is 31.5. The zero-order valence-electron chi connectivity index (χ0n) is 30.5. The van der Waals surface area contributed by atoms with Gasteiger partial charge in [0.05, 0.1) is 25.7 Å². The van der Waals surface area contributed by atoms with Crippen molar-refractivity contribution in [3.05, 3.63) is 53.1 Å². The second-order valence-electron chi connectivity index (χ2n) is 15.7. The molecule has 5 rings (SSSR count). The summed E-state index contributed by atoms with van der Waals surface area (Å²) in [5.74, 6) is 1.97. The van der Waals surface area contributed by atoms with Crippen LogP contribution in [0.2, 0.25) is 18.1 Å². The van der Waals surface area contributed by atoms with E-state index in [0.717, 1.165) is 30.4 Å². The Morgan fingerprint density at radius 1 is 1.14 bits per heavy atom. The van der Waals surface area contributed by atoms with E-state index in [1.54, 1.807) is 17.0 Å². The Bertz CT molecular complexity index is 1430. The molecule has 2 fully saturated rings. The normalized spacial score (nSPS) is 20.0. The predicted molar refractivity (Wildman–Crippen MR) is 195 cm³/mol. The first-order valence-corrected chi connectivity index (χ1v) is 21.0. The van der Waals surface area contributed by atoms with Crippen LogP contribution in [0.4, 0.5) is 5.69 Å². The Morgan fingerprint density at radius 3 is 2.61 bits per heavy atom. The van der Waals surface area contributed by atoms with E-state index in [2.05, 4.69) is 73.7 Å². The highest BCUT2D eigenvalue weighted by Gasteiger charge is 2.40. The second kappa shape index (κ2) is 16.4. The Hall–Kier alpha value is -2.96. The standard InChI is InChI=1S/C38H58N4O6Si/c1-38(2,3)49(5,6)48-33(31-13-14-32(43)36-37(31)47-26-34(44)40-36)22-39-17-18-41(4)35(45)16-20-46-19-15-27-9-7-10-28(21-27)23-42-24-29-11-8-12-30(29)25-42/h7,9-10,13-14,21,29-30,33,39,43H,8,11-12,15-20,22-26H2,1-6H3,(H,40,44)/t29?,30?,33-/m0/s1. The van der Waals surface area contributed by atoms with Gasteiger partial charge in [-0.25, -0.2) is 0 Å². The maximum Gasteiger partial charge on any atom is 0.262 e. The minimum Gasteiger partial charge on any atom is -0.506 e. The van der Waals surface area contributed by atoms with Crippen molar-refractivity contribution in [1.29, 1.82) is 0 Å². The largest absolute Gasteiger partial charge is 0.506 e. The summed E-state index contributed by atoms with van der Waals surface area (Å²) in [7, 11) is -0.388. The number of likely N-dealkylation sites (N-methyl/N-ethyl adjacent to an activating group) is 1. The molecule has 2 aromatic rings. The average molecular weight is 695 g/mol. The third-order valence-electron chi connectivity index (χ3n) is 10.9. The topological polar surface area (TPSA) is 113 Å². The van der Waals surface area contributed by atoms with Gasteiger partial charge in [0.1, 0.15) is 11.4 Å². The highest BCUT2D eigenvalue weighted by Crippen LogP contribution is 2.45. The van der Waals surface area contributed by atoms with Gasteiger partial charge in [-0.15, -0.1) is 0 Å². The third kappa shape index (κ3) is 9.85. The van der Waals surface area contributed by atoms with Gasteiger partial charge in [-0.3, -0.25) is 14.5 Å². The number of aromatic hydroxyl groups is 1. The number of ether oxygens (including phenoxy) is 2. The molecule has 0 bridgehead atoms. The summed E-state index contributed by atoms with van der Waals surface area (Å²) in [6.45, 7) is 17.0. The van der Waals surface area contributed by atoms with Crippen LogP contribution >= 0.6 is 0 Å². The number of nitrogens with zero attached hydrogens (tertiary/aromatic N) is 2. The van der Waals surface area contributed by atoms with Gasteiger partial charge in [-0.1, -0.05) is 51.5 Å². The van der Waals surface area contributed by atoms with Crippen LogP contribution in [0.1, 0.15) is 69.2 Å². The number of nitrogens with one attached hydrogen (secondary N) is 2. The number of anilines is 1. The lowest BCUT2D eigenvalue weighted by molar-refractivity contribution is -0.131. The summed E-state index contributed by atoms with van der Waals surface area (Å²) in [4.78, 5) is 29.2. The van der Waals surface area contributed by atoms with Crippen LogP contribution in [-0.2, 0) is 31.7 Å². The van der Waals surface area contributed by atoms with Crippen LogP contribution in [0.5, 0.6) is 11.5 Å². The van der Waals surface area contributed by atoms with Gasteiger partial charge < -0.3 is 34.5 Å². The minimum absolute atomic E-state index is 0.0251. The van der Waals surface area contributed by atoms with Crippen LogP contribution in [-0.4, -0.2) is 94.6 Å². The van der Waals surface area contributed by atoms with Crippen molar-refractivity contribution in [3.63, 3.8) is 0 Å². The maximum atomic E-state index is 12.8. The molecule has 0 radical (unpaired) electrons. The van der Waals surface area contributed by atoms with Gasteiger partial charge in [0.15, 0.2) is 20.7 Å². The van der Waals surface area contributed by atoms with Crippen LogP contribution < -0.4 is 15.4 Å². The number of phenolic OH excluding ortho intramolecular Hbond substituents is 1. The summed E-state index contributed by atoms with van der Waals surface area (Å²) < 4.78 is 18.5. The molecule has 0 spiro atoms. The second-order valence-corrected chi connectivity index (χ2v) is 20.4. The van der Waals surface area contributed by atoms with E-state index in [0.29, 0.717) is 45.0 Å². The van der Waals surface area contributed by atoms with Crippen molar-refractivity contribution >= 4 is 25.8 Å². The zero-order chi connectivity index (χ0) is 35.2. The summed E-state index contributed by atoms with van der Waals surface area (Å²) in [5, 5.41) is 16.6. The van der Waals surface area contributed by atoms with Gasteiger partial charge in [0.2, 0.25) is 5.91 Å². The molecule has 49 heavy (non-hydrogen) atoms. The summed E-state index contributed by atoms with van der Waals surface area (Å²) >= 11 is 0. The number of hydrogen-bond donors (Lipinski definition) is 3. The van der Waals surface area contributed by atoms with Crippen LogP contribution in [0, 0.1) is 11.8 Å². The fourth-order valence-electron chi connectivity index (χ4n) is 7.03. The van der Waals surface area contributed by atoms with E-state index in [9.17, 15) is 14.7 Å². The van der Waals surface area contributed by atoms with Crippen LogP contribution in [0.15, 0.2) is 36.4 Å². The molecule has 2 aromatic carbocycles. The number of phenols is 1. The number of hydrogen-bond acceptors (Lipinski definition) is 8. The molecule has 11 heteroatoms. The molecule has 0 aromatic heterocycles. The van der Waals surface area contributed by atoms with E-state index < -0.39 is 8.32 Å². The fourth-order valence-corrected chi connectivity index (χ4v) is 8.30. The third-order valence-corrected chi connectivity index (χ3v) is 15.4. The quantitative estimate of drug-likeness (QED) is 0.116. The Morgan fingerprint density at radius 2 is 1.88 bits per heavy atom. The number of benzene rings is 2. The number of amides is 2. The van der Waals surface area contributed by atoms with Gasteiger partial charge >= 0.3 is 0 Å². The predicted octanol–water partition coefficient (Wildman–Crippen LogP) is 5.72. The average Bonchev–Trinajstić information content (AvgIpc) is 3.64. The monoisotopic (exact) mass is 694 g/mol. The van der Waals surface area contributed by atoms with Crippen molar-refractivity contribution < 1.29 is 28.6 Å². The molecule has 2 unspecified atom stereocenters. The molecule has 270 valence electrons. The number of likely N-dealkylation sites (tertiary alicyclic amines) is 1. The molecule has 3 aliphatic rings. The molecule has 2 amide bonds. The molecule has 1 saturated heterocycles. The minimum atomic E-state index is -2.21. The van der Waals surface area contributed by atoms with Crippen LogP contribution in [0.25, 0.3) is 0 Å². The first-order chi connectivity index (χ1) is 23.3. The Balaban J connectivity index is 1.04. The highest BCUT2D eigenvalue weighted by atomic mass is 28.4. The maximum absolute atomic E-state index is 12.8. The lowest BCUT2D eigenvalue weighted by Crippen LogP contribution is -2.44. The van der Waals surface area contributed by atoms with Gasteiger partial charge in [-0.2, -0.15) is 0 Å². The lowest BCUT2D eigenvalue weighted by atomic mass is 10.0.